The van der Waals surface area contributed by atoms with Crippen LogP contribution in [0.1, 0.15) is 51.4 Å². The zero-order valence-corrected chi connectivity index (χ0v) is 22.4. The zero-order chi connectivity index (χ0) is 26.1. The molecule has 1 saturated heterocycles. The highest BCUT2D eigenvalue weighted by Gasteiger charge is 2.61. The summed E-state index contributed by atoms with van der Waals surface area (Å²) in [6.45, 7) is 0.615. The molecule has 2 heterocycles. The number of sulfonamides is 2. The second-order valence-corrected chi connectivity index (χ2v) is 14.7. The Morgan fingerprint density at radius 2 is 1.81 bits per heavy atom. The highest BCUT2D eigenvalue weighted by Crippen LogP contribution is 2.54. The van der Waals surface area contributed by atoms with Crippen molar-refractivity contribution in [3.05, 3.63) is 18.2 Å². The number of piperidine rings is 1. The van der Waals surface area contributed by atoms with E-state index in [1.165, 1.54) is 24.6 Å². The van der Waals surface area contributed by atoms with Gasteiger partial charge in [0.05, 0.1) is 11.9 Å². The molecule has 1 amide bonds. The number of rotatable bonds is 5. The molecule has 1 unspecified atom stereocenters. The Labute approximate surface area is 217 Å². The van der Waals surface area contributed by atoms with Crippen molar-refractivity contribution in [2.75, 3.05) is 22.8 Å². The normalized spacial score (nSPS) is 32.9. The van der Waals surface area contributed by atoms with Gasteiger partial charge in [-0.1, -0.05) is 19.3 Å². The number of carbonyl (C=O) groups is 2. The van der Waals surface area contributed by atoms with E-state index in [1.54, 1.807) is 0 Å². The Morgan fingerprint density at radius 3 is 2.54 bits per heavy atom. The molecule has 12 heteroatoms. The first-order valence-electron chi connectivity index (χ1n) is 13.1. The minimum atomic E-state index is -4.27. The monoisotopic (exact) mass is 548 g/mol. The summed E-state index contributed by atoms with van der Waals surface area (Å²) in [5.41, 5.74) is 0.247. The number of likely N-dealkylation sites (tertiary alicyclic amines) is 1. The van der Waals surface area contributed by atoms with Crippen LogP contribution in [0.5, 0.6) is 0 Å². The molecule has 0 aromatic heterocycles. The van der Waals surface area contributed by atoms with Crippen molar-refractivity contribution in [1.29, 1.82) is 0 Å². The average Bonchev–Trinajstić information content (AvgIpc) is 3.44. The van der Waals surface area contributed by atoms with Crippen LogP contribution in [0.3, 0.4) is 0 Å². The van der Waals surface area contributed by atoms with E-state index in [2.05, 4.69) is 14.4 Å². The Morgan fingerprint density at radius 1 is 1.08 bits per heavy atom. The average molecular weight is 549 g/mol. The molecule has 5 atom stereocenters. The van der Waals surface area contributed by atoms with Crippen LogP contribution in [0, 0.1) is 29.6 Å². The lowest BCUT2D eigenvalue weighted by atomic mass is 9.72. The zero-order valence-electron chi connectivity index (χ0n) is 20.7. The van der Waals surface area contributed by atoms with E-state index in [1.807, 2.05) is 4.90 Å². The number of carbonyl (C=O) groups excluding carboxylic acids is 2. The number of anilines is 2. The number of amides is 1. The van der Waals surface area contributed by atoms with Crippen molar-refractivity contribution in [2.45, 2.75) is 62.3 Å². The molecule has 2 N–H and O–H groups in total. The van der Waals surface area contributed by atoms with Crippen molar-refractivity contribution >= 4 is 48.9 Å². The number of Topliss-reactive ketones (excluding diaryl/α,β-unsaturated/α-hetero) is 1. The molecule has 1 aromatic rings. The number of ketones is 1. The summed E-state index contributed by atoms with van der Waals surface area (Å²) in [6, 6.07) is 3.95. The molecule has 3 saturated carbocycles. The van der Waals surface area contributed by atoms with Crippen LogP contribution >= 0.6 is 0 Å². The first-order chi connectivity index (χ1) is 17.5. The van der Waals surface area contributed by atoms with Gasteiger partial charge in [0.15, 0.2) is 11.7 Å². The van der Waals surface area contributed by atoms with Crippen molar-refractivity contribution in [1.82, 2.24) is 4.90 Å². The topological polar surface area (TPSA) is 142 Å². The van der Waals surface area contributed by atoms with Crippen LogP contribution in [-0.2, 0) is 29.6 Å². The van der Waals surface area contributed by atoms with E-state index in [-0.39, 0.29) is 51.7 Å². The van der Waals surface area contributed by atoms with Gasteiger partial charge in [0.25, 0.3) is 10.0 Å². The number of nitrogens with one attached hydrogen (secondary N) is 2. The van der Waals surface area contributed by atoms with Gasteiger partial charge < -0.3 is 10.2 Å². The van der Waals surface area contributed by atoms with Crippen molar-refractivity contribution in [3.63, 3.8) is 0 Å². The van der Waals surface area contributed by atoms with Gasteiger partial charge >= 0.3 is 0 Å². The number of fused-ring (bicyclic) bond motifs is 6. The number of nitrogens with zero attached hydrogens (tertiary/aromatic N) is 2. The quantitative estimate of drug-likeness (QED) is 0.539. The van der Waals surface area contributed by atoms with Gasteiger partial charge in [-0.05, 0) is 68.1 Å². The molecular formula is C25H32N4O6S2. The standard InChI is InChI=1S/C25H32N4O6S2/c1-36(32,33)27-17-9-10-18-19(12-17)37(34,35)28-24(26-18)21-23(30)20-15-7-8-16(11-15)22(20)29(25(21)31)13-14-5-3-2-4-6-14/h9-10,12,14-16,20-22,27H,2-8,11,13H2,1H3,(H,26,28)/t15-,16+,20+,21?,22-/m0/s1. The van der Waals surface area contributed by atoms with Crippen LogP contribution in [0.25, 0.3) is 0 Å². The smallest absolute Gasteiger partial charge is 0.286 e. The predicted molar refractivity (Wildman–Crippen MR) is 138 cm³/mol. The van der Waals surface area contributed by atoms with E-state index in [0.29, 0.717) is 18.4 Å². The molecule has 1 aromatic carbocycles. The molecular weight excluding hydrogens is 516 g/mol. The van der Waals surface area contributed by atoms with E-state index in [4.69, 9.17) is 0 Å². The van der Waals surface area contributed by atoms with Crippen LogP contribution in [0.15, 0.2) is 27.5 Å². The summed E-state index contributed by atoms with van der Waals surface area (Å²) in [5, 5.41) is 2.95. The molecule has 4 fully saturated rings. The van der Waals surface area contributed by atoms with E-state index < -0.39 is 26.0 Å². The van der Waals surface area contributed by atoms with Gasteiger partial charge in [-0.15, -0.1) is 4.40 Å². The fourth-order valence-corrected chi connectivity index (χ4v) is 9.17. The third kappa shape index (κ3) is 4.35. The van der Waals surface area contributed by atoms with E-state index in [0.717, 1.165) is 51.2 Å². The van der Waals surface area contributed by atoms with Gasteiger partial charge in [0, 0.05) is 24.2 Å². The molecule has 0 radical (unpaired) electrons. The predicted octanol–water partition coefficient (Wildman–Crippen LogP) is 2.59. The molecule has 5 aliphatic rings. The highest BCUT2D eigenvalue weighted by molar-refractivity contribution is 7.92. The summed E-state index contributed by atoms with van der Waals surface area (Å²) in [4.78, 5) is 29.5. The highest BCUT2D eigenvalue weighted by atomic mass is 32.2. The molecule has 3 aliphatic carbocycles. The van der Waals surface area contributed by atoms with Gasteiger partial charge in [-0.25, -0.2) is 8.42 Å². The van der Waals surface area contributed by atoms with Crippen molar-refractivity contribution < 1.29 is 26.4 Å². The Hall–Kier alpha value is -2.47. The van der Waals surface area contributed by atoms with E-state index in [9.17, 15) is 26.4 Å². The van der Waals surface area contributed by atoms with Crippen LogP contribution < -0.4 is 10.0 Å². The fourth-order valence-electron chi connectivity index (χ4n) is 7.43. The van der Waals surface area contributed by atoms with Crippen molar-refractivity contribution in [2.24, 2.45) is 34.0 Å². The van der Waals surface area contributed by atoms with Gasteiger partial charge in [-0.3, -0.25) is 14.3 Å². The Kier molecular flexibility index (Phi) is 5.90. The lowest BCUT2D eigenvalue weighted by Gasteiger charge is -2.47. The maximum Gasteiger partial charge on any atom is 0.286 e. The molecule has 2 bridgehead atoms. The summed E-state index contributed by atoms with van der Waals surface area (Å²) >= 11 is 0. The Bertz CT molecular complexity index is 1400. The molecule has 10 nitrogen and oxygen atoms in total. The minimum absolute atomic E-state index is 0.0820. The summed E-state index contributed by atoms with van der Waals surface area (Å²) in [5.74, 6) is -1.31. The SMILES string of the molecule is CS(=O)(=O)Nc1ccc2c(c1)S(=O)(=O)N=C(C1C(=O)[C@@H]3[C@H]4CC[C@H](C4)[C@@H]3N(CC3CCCCC3)C1=O)N2. The first kappa shape index (κ1) is 24.8. The maximum atomic E-state index is 14.0. The largest absolute Gasteiger partial charge is 0.341 e. The molecule has 0 spiro atoms. The second-order valence-electron chi connectivity index (χ2n) is 11.3. The van der Waals surface area contributed by atoms with E-state index >= 15 is 0 Å². The third-order valence-electron chi connectivity index (χ3n) is 8.87. The number of hydrogen-bond donors (Lipinski definition) is 2. The number of amidine groups is 1. The first-order valence-corrected chi connectivity index (χ1v) is 16.4. The molecule has 37 heavy (non-hydrogen) atoms. The van der Waals surface area contributed by atoms with Crippen molar-refractivity contribution in [3.8, 4) is 0 Å². The summed E-state index contributed by atoms with van der Waals surface area (Å²) < 4.78 is 55.7. The Balaban J connectivity index is 1.35. The van der Waals surface area contributed by atoms with Gasteiger partial charge in [0.1, 0.15) is 10.7 Å². The number of benzene rings is 1. The molecule has 200 valence electrons. The third-order valence-corrected chi connectivity index (χ3v) is 10.8. The van der Waals surface area contributed by atoms with Crippen LogP contribution in [0.2, 0.25) is 0 Å². The second kappa shape index (κ2) is 8.79. The van der Waals surface area contributed by atoms with Gasteiger partial charge in [-0.2, -0.15) is 8.42 Å². The number of hydrogen-bond acceptors (Lipinski definition) is 7. The molecule has 2 aliphatic heterocycles. The lowest BCUT2D eigenvalue weighted by molar-refractivity contribution is -0.153. The lowest BCUT2D eigenvalue weighted by Crippen LogP contribution is -2.62. The summed E-state index contributed by atoms with van der Waals surface area (Å²) in [7, 11) is -7.89. The van der Waals surface area contributed by atoms with Crippen LogP contribution in [-0.4, -0.2) is 58.1 Å². The minimum Gasteiger partial charge on any atom is -0.341 e. The summed E-state index contributed by atoms with van der Waals surface area (Å²) in [6.07, 6.45) is 9.55. The van der Waals surface area contributed by atoms with Crippen LogP contribution in [0.4, 0.5) is 11.4 Å². The van der Waals surface area contributed by atoms with Gasteiger partial charge in [0.2, 0.25) is 15.9 Å². The molecule has 6 rings (SSSR count). The fraction of sp³-hybridized carbons (Fsp3) is 0.640. The maximum absolute atomic E-state index is 14.0.